The highest BCUT2D eigenvalue weighted by atomic mass is 127. The maximum absolute atomic E-state index is 5.97. The van der Waals surface area contributed by atoms with Crippen molar-refractivity contribution in [2.75, 3.05) is 19.6 Å². The number of hydrogen-bond acceptors (Lipinski definition) is 2. The third-order valence-electron chi connectivity index (χ3n) is 2.46. The SMILES string of the molecule is CCCNCCCNCc1cc(Cl)ccc1I. The predicted molar refractivity (Wildman–Crippen MR) is 83.7 cm³/mol. The summed E-state index contributed by atoms with van der Waals surface area (Å²) in [5.74, 6) is 0. The standard InChI is InChI=1S/C13H20ClIN2/c1-2-6-16-7-3-8-17-10-11-9-12(14)4-5-13(11)15/h4-5,9,16-17H,2-3,6-8,10H2,1H3. The summed E-state index contributed by atoms with van der Waals surface area (Å²) in [6.45, 7) is 6.33. The maximum atomic E-state index is 5.97. The molecule has 0 amide bonds. The Morgan fingerprint density at radius 3 is 2.71 bits per heavy atom. The monoisotopic (exact) mass is 366 g/mol. The minimum absolute atomic E-state index is 0.812. The third kappa shape index (κ3) is 6.60. The first-order valence-electron chi connectivity index (χ1n) is 6.09. The molecule has 0 bridgehead atoms. The summed E-state index contributed by atoms with van der Waals surface area (Å²) in [6, 6.07) is 6.02. The summed E-state index contributed by atoms with van der Waals surface area (Å²) in [6.07, 6.45) is 2.37. The van der Waals surface area contributed by atoms with Crippen LogP contribution in [-0.2, 0) is 6.54 Å². The number of nitrogens with one attached hydrogen (secondary N) is 2. The zero-order valence-electron chi connectivity index (χ0n) is 10.2. The summed E-state index contributed by atoms with van der Waals surface area (Å²) >= 11 is 8.32. The highest BCUT2D eigenvalue weighted by Crippen LogP contribution is 2.17. The summed E-state index contributed by atoms with van der Waals surface area (Å²) < 4.78 is 1.27. The molecule has 0 aliphatic rings. The van der Waals surface area contributed by atoms with Crippen LogP contribution in [0.2, 0.25) is 5.02 Å². The Morgan fingerprint density at radius 2 is 1.94 bits per heavy atom. The van der Waals surface area contributed by atoms with Gasteiger partial charge >= 0.3 is 0 Å². The maximum Gasteiger partial charge on any atom is 0.0409 e. The smallest absolute Gasteiger partial charge is 0.0409 e. The van der Waals surface area contributed by atoms with E-state index < -0.39 is 0 Å². The average molecular weight is 367 g/mol. The molecule has 0 radical (unpaired) electrons. The van der Waals surface area contributed by atoms with E-state index in [4.69, 9.17) is 11.6 Å². The van der Waals surface area contributed by atoms with Gasteiger partial charge in [0.05, 0.1) is 0 Å². The van der Waals surface area contributed by atoms with Gasteiger partial charge in [-0.2, -0.15) is 0 Å². The Labute approximate surface area is 123 Å². The van der Waals surface area contributed by atoms with Crippen molar-refractivity contribution in [1.82, 2.24) is 10.6 Å². The van der Waals surface area contributed by atoms with E-state index in [1.165, 1.54) is 15.6 Å². The lowest BCUT2D eigenvalue weighted by Gasteiger charge is -2.08. The molecule has 4 heteroatoms. The van der Waals surface area contributed by atoms with Crippen LogP contribution in [0.4, 0.5) is 0 Å². The number of halogens is 2. The van der Waals surface area contributed by atoms with Crippen molar-refractivity contribution >= 4 is 34.2 Å². The Kier molecular flexibility index (Phi) is 8.18. The van der Waals surface area contributed by atoms with Crippen LogP contribution in [0.25, 0.3) is 0 Å². The molecule has 1 rings (SSSR count). The topological polar surface area (TPSA) is 24.1 Å². The van der Waals surface area contributed by atoms with Gasteiger partial charge in [-0.15, -0.1) is 0 Å². The number of rotatable bonds is 8. The van der Waals surface area contributed by atoms with Crippen LogP contribution in [0, 0.1) is 3.57 Å². The van der Waals surface area contributed by atoms with Gasteiger partial charge in [-0.25, -0.2) is 0 Å². The Morgan fingerprint density at radius 1 is 1.18 bits per heavy atom. The number of hydrogen-bond donors (Lipinski definition) is 2. The van der Waals surface area contributed by atoms with Gasteiger partial charge in [-0.3, -0.25) is 0 Å². The molecule has 2 nitrogen and oxygen atoms in total. The molecule has 0 heterocycles. The van der Waals surface area contributed by atoms with Crippen molar-refractivity contribution in [2.45, 2.75) is 26.3 Å². The van der Waals surface area contributed by atoms with Crippen molar-refractivity contribution in [2.24, 2.45) is 0 Å². The highest BCUT2D eigenvalue weighted by Gasteiger charge is 1.99. The summed E-state index contributed by atoms with van der Waals surface area (Å²) in [7, 11) is 0. The van der Waals surface area contributed by atoms with Crippen LogP contribution in [0.15, 0.2) is 18.2 Å². The fraction of sp³-hybridized carbons (Fsp3) is 0.538. The van der Waals surface area contributed by atoms with Gasteiger partial charge in [0.15, 0.2) is 0 Å². The summed E-state index contributed by atoms with van der Waals surface area (Å²) in [4.78, 5) is 0. The molecular formula is C13H20ClIN2. The zero-order valence-corrected chi connectivity index (χ0v) is 13.1. The first-order chi connectivity index (χ1) is 8.24. The minimum atomic E-state index is 0.812. The molecule has 0 unspecified atom stereocenters. The minimum Gasteiger partial charge on any atom is -0.317 e. The van der Waals surface area contributed by atoms with Crippen LogP contribution in [0.1, 0.15) is 25.3 Å². The molecule has 0 aliphatic carbocycles. The lowest BCUT2D eigenvalue weighted by atomic mass is 10.2. The summed E-state index contributed by atoms with van der Waals surface area (Å²) in [5.41, 5.74) is 1.28. The van der Waals surface area contributed by atoms with Gasteiger partial charge in [0.2, 0.25) is 0 Å². The molecule has 1 aromatic carbocycles. The van der Waals surface area contributed by atoms with Gasteiger partial charge in [0.25, 0.3) is 0 Å². The average Bonchev–Trinajstić information content (AvgIpc) is 2.32. The molecule has 0 saturated heterocycles. The van der Waals surface area contributed by atoms with Crippen LogP contribution >= 0.6 is 34.2 Å². The van der Waals surface area contributed by atoms with Gasteiger partial charge in [0, 0.05) is 15.1 Å². The quantitative estimate of drug-likeness (QED) is 0.544. The van der Waals surface area contributed by atoms with Gasteiger partial charge < -0.3 is 10.6 Å². The normalized spacial score (nSPS) is 10.8. The molecule has 2 N–H and O–H groups in total. The van der Waals surface area contributed by atoms with Gasteiger partial charge in [0.1, 0.15) is 0 Å². The van der Waals surface area contributed by atoms with Crippen LogP contribution < -0.4 is 10.6 Å². The van der Waals surface area contributed by atoms with Crippen molar-refractivity contribution in [1.29, 1.82) is 0 Å². The van der Waals surface area contributed by atoms with E-state index in [2.05, 4.69) is 46.2 Å². The van der Waals surface area contributed by atoms with Crippen molar-refractivity contribution in [3.63, 3.8) is 0 Å². The molecule has 0 fully saturated rings. The van der Waals surface area contributed by atoms with E-state index in [-0.39, 0.29) is 0 Å². The van der Waals surface area contributed by atoms with E-state index in [0.29, 0.717) is 0 Å². The van der Waals surface area contributed by atoms with E-state index in [0.717, 1.165) is 37.6 Å². The second-order valence-electron chi connectivity index (χ2n) is 4.02. The Hall–Kier alpha value is 0.160. The highest BCUT2D eigenvalue weighted by molar-refractivity contribution is 14.1. The van der Waals surface area contributed by atoms with E-state index >= 15 is 0 Å². The third-order valence-corrected chi connectivity index (χ3v) is 3.74. The second kappa shape index (κ2) is 9.14. The fourth-order valence-corrected chi connectivity index (χ4v) is 2.26. The molecular weight excluding hydrogens is 347 g/mol. The molecule has 17 heavy (non-hydrogen) atoms. The molecule has 1 aromatic rings. The lowest BCUT2D eigenvalue weighted by Crippen LogP contribution is -2.22. The van der Waals surface area contributed by atoms with Gasteiger partial charge in [-0.05, 0) is 78.8 Å². The first kappa shape index (κ1) is 15.2. The Balaban J connectivity index is 2.15. The first-order valence-corrected chi connectivity index (χ1v) is 7.55. The van der Waals surface area contributed by atoms with E-state index in [1.807, 2.05) is 12.1 Å². The fourth-order valence-electron chi connectivity index (χ4n) is 1.54. The zero-order chi connectivity index (χ0) is 12.5. The lowest BCUT2D eigenvalue weighted by molar-refractivity contribution is 0.591. The number of benzene rings is 1. The molecule has 0 aliphatic heterocycles. The summed E-state index contributed by atoms with van der Waals surface area (Å²) in [5, 5.41) is 7.65. The van der Waals surface area contributed by atoms with E-state index in [1.54, 1.807) is 0 Å². The Bertz CT molecular complexity index is 331. The van der Waals surface area contributed by atoms with Crippen molar-refractivity contribution < 1.29 is 0 Å². The van der Waals surface area contributed by atoms with Crippen molar-refractivity contribution in [3.8, 4) is 0 Å². The second-order valence-corrected chi connectivity index (χ2v) is 5.61. The predicted octanol–water partition coefficient (Wildman–Crippen LogP) is 3.42. The molecule has 96 valence electrons. The molecule has 0 atom stereocenters. The van der Waals surface area contributed by atoms with Crippen LogP contribution in [0.5, 0.6) is 0 Å². The molecule has 0 saturated carbocycles. The largest absolute Gasteiger partial charge is 0.317 e. The van der Waals surface area contributed by atoms with E-state index in [9.17, 15) is 0 Å². The molecule has 0 spiro atoms. The molecule has 0 aromatic heterocycles. The van der Waals surface area contributed by atoms with Crippen LogP contribution in [-0.4, -0.2) is 19.6 Å². The van der Waals surface area contributed by atoms with Crippen molar-refractivity contribution in [3.05, 3.63) is 32.4 Å². The van der Waals surface area contributed by atoms with Gasteiger partial charge in [-0.1, -0.05) is 18.5 Å². The van der Waals surface area contributed by atoms with Crippen LogP contribution in [0.3, 0.4) is 0 Å².